The topological polar surface area (TPSA) is 130 Å². The molecule has 0 aromatic rings. The summed E-state index contributed by atoms with van der Waals surface area (Å²) in [7, 11) is 0. The average Bonchev–Trinajstić information content (AvgIpc) is 3.38. The summed E-state index contributed by atoms with van der Waals surface area (Å²) in [4.78, 5) is 38.9. The molecule has 4 aliphatic carbocycles. The zero-order chi connectivity index (χ0) is 32.5. The lowest BCUT2D eigenvalue weighted by Gasteiger charge is -2.53. The van der Waals surface area contributed by atoms with Crippen molar-refractivity contribution in [3.8, 4) is 0 Å². The Kier molecular flexibility index (Phi) is 9.60. The number of fused-ring (bicyclic) bond motifs is 5. The molecule has 8 nitrogen and oxygen atoms in total. The second kappa shape index (κ2) is 12.6. The maximum atomic E-state index is 13.2. The second-order valence-corrected chi connectivity index (χ2v) is 13.1. The highest BCUT2D eigenvalue weighted by atomic mass is 16.6. The van der Waals surface area contributed by atoms with Gasteiger partial charge in [0.2, 0.25) is 0 Å². The molecule has 3 N–H and O–H groups in total. The van der Waals surface area contributed by atoms with Crippen LogP contribution in [0.1, 0.15) is 60.8 Å². The van der Waals surface area contributed by atoms with Crippen LogP contribution in [0.5, 0.6) is 0 Å². The Bertz CT molecular complexity index is 1380. The van der Waals surface area contributed by atoms with Crippen molar-refractivity contribution < 1.29 is 39.2 Å². The summed E-state index contributed by atoms with van der Waals surface area (Å²) in [6.45, 7) is 10.1. The predicted octanol–water partition coefficient (Wildman–Crippen LogP) is 4.63. The van der Waals surface area contributed by atoms with Crippen LogP contribution in [0.3, 0.4) is 0 Å². The number of ketones is 1. The first-order chi connectivity index (χ1) is 20.7. The molecule has 44 heavy (non-hydrogen) atoms. The van der Waals surface area contributed by atoms with Gasteiger partial charge in [-0.1, -0.05) is 101 Å². The Morgan fingerprint density at radius 2 is 1.64 bits per heavy atom. The van der Waals surface area contributed by atoms with Gasteiger partial charge in [0.15, 0.2) is 11.4 Å². The van der Waals surface area contributed by atoms with Crippen molar-refractivity contribution in [2.24, 2.45) is 29.1 Å². The third-order valence-electron chi connectivity index (χ3n) is 10.1. The molecule has 0 amide bonds. The number of aliphatic hydroxyl groups is 3. The number of hydrogen-bond donors (Lipinski definition) is 3. The average molecular weight is 607 g/mol. The first-order valence-electron chi connectivity index (χ1n) is 15.4. The number of hydrogen-bond acceptors (Lipinski definition) is 8. The van der Waals surface area contributed by atoms with E-state index >= 15 is 0 Å². The minimum Gasteiger partial charge on any atom is -0.455 e. The first-order valence-corrected chi connectivity index (χ1v) is 15.4. The van der Waals surface area contributed by atoms with Crippen LogP contribution in [0.15, 0.2) is 84.1 Å². The number of carbonyl (C=O) groups is 3. The van der Waals surface area contributed by atoms with Gasteiger partial charge in [0.1, 0.15) is 11.7 Å². The molecule has 0 heterocycles. The quantitative estimate of drug-likeness (QED) is 0.142. The fraction of sp³-hybridized carbons (Fsp3) is 0.528. The summed E-state index contributed by atoms with van der Waals surface area (Å²) in [6.07, 6.45) is 22.1. The molecule has 0 spiro atoms. The van der Waals surface area contributed by atoms with E-state index in [2.05, 4.69) is 13.0 Å². The summed E-state index contributed by atoms with van der Waals surface area (Å²) in [5.41, 5.74) is -5.00. The van der Waals surface area contributed by atoms with E-state index in [0.29, 0.717) is 11.1 Å². The minimum atomic E-state index is -1.97. The predicted molar refractivity (Wildman–Crippen MR) is 167 cm³/mol. The molecule has 8 heteroatoms. The van der Waals surface area contributed by atoms with Crippen LogP contribution in [-0.4, -0.2) is 62.6 Å². The van der Waals surface area contributed by atoms with Gasteiger partial charge in [-0.05, 0) is 24.5 Å². The highest BCUT2D eigenvalue weighted by Gasteiger charge is 2.87. The summed E-state index contributed by atoms with van der Waals surface area (Å²) >= 11 is 0. The molecular weight excluding hydrogens is 560 g/mol. The number of aliphatic hydroxyl groups excluding tert-OH is 1. The molecule has 4 aliphatic rings. The number of rotatable bonds is 10. The van der Waals surface area contributed by atoms with E-state index in [4.69, 9.17) is 9.47 Å². The van der Waals surface area contributed by atoms with E-state index in [1.807, 2.05) is 44.2 Å². The van der Waals surface area contributed by atoms with Crippen molar-refractivity contribution in [2.75, 3.05) is 6.61 Å². The maximum Gasteiger partial charge on any atom is 0.331 e. The molecule has 0 unspecified atom stereocenters. The Hall–Kier alpha value is -3.33. The molecule has 0 aliphatic heterocycles. The molecule has 0 saturated heterocycles. The van der Waals surface area contributed by atoms with Gasteiger partial charge >= 0.3 is 11.9 Å². The van der Waals surface area contributed by atoms with E-state index in [1.54, 1.807) is 44.2 Å². The molecule has 0 aromatic carbocycles. The minimum absolute atomic E-state index is 0.139. The fourth-order valence-electron chi connectivity index (χ4n) is 8.09. The second-order valence-electron chi connectivity index (χ2n) is 13.1. The van der Waals surface area contributed by atoms with E-state index in [9.17, 15) is 29.7 Å². The number of allylic oxidation sites excluding steroid dienone is 9. The lowest BCUT2D eigenvalue weighted by Crippen LogP contribution is -2.66. The number of ether oxygens (including phenoxy) is 2. The van der Waals surface area contributed by atoms with Crippen LogP contribution >= 0.6 is 0 Å². The van der Waals surface area contributed by atoms with Crippen molar-refractivity contribution >= 4 is 17.7 Å². The van der Waals surface area contributed by atoms with Gasteiger partial charge in [-0.3, -0.25) is 9.59 Å². The molecule has 4 rings (SSSR count). The van der Waals surface area contributed by atoms with Gasteiger partial charge in [-0.25, -0.2) is 4.79 Å². The van der Waals surface area contributed by atoms with Crippen LogP contribution in [0.2, 0.25) is 0 Å². The van der Waals surface area contributed by atoms with Crippen LogP contribution in [-0.2, 0) is 23.9 Å². The molecule has 8 atom stereocenters. The van der Waals surface area contributed by atoms with Crippen molar-refractivity contribution in [1.82, 2.24) is 0 Å². The zero-order valence-electron chi connectivity index (χ0n) is 26.5. The molecule has 0 radical (unpaired) electrons. The highest BCUT2D eigenvalue weighted by molar-refractivity contribution is 6.04. The number of carbonyl (C=O) groups excluding carboxylic acids is 3. The first kappa shape index (κ1) is 33.6. The molecule has 2 saturated carbocycles. The Morgan fingerprint density at radius 3 is 2.23 bits per heavy atom. The van der Waals surface area contributed by atoms with Crippen molar-refractivity contribution in [3.05, 3.63) is 84.1 Å². The Labute approximate surface area is 260 Å². The van der Waals surface area contributed by atoms with Gasteiger partial charge in [-0.2, -0.15) is 0 Å². The number of Topliss-reactive ketones (excluding diaryl/α,β-unsaturated/α-hetero) is 1. The normalized spacial score (nSPS) is 37.7. The van der Waals surface area contributed by atoms with Crippen LogP contribution < -0.4 is 0 Å². The van der Waals surface area contributed by atoms with Crippen molar-refractivity contribution in [1.29, 1.82) is 0 Å². The smallest absolute Gasteiger partial charge is 0.331 e. The van der Waals surface area contributed by atoms with Gasteiger partial charge < -0.3 is 24.8 Å². The molecule has 238 valence electrons. The summed E-state index contributed by atoms with van der Waals surface area (Å²) < 4.78 is 12.1. The highest BCUT2D eigenvalue weighted by Crippen LogP contribution is 2.77. The van der Waals surface area contributed by atoms with Gasteiger partial charge in [0.25, 0.3) is 0 Å². The lowest BCUT2D eigenvalue weighted by atomic mass is 9.59. The van der Waals surface area contributed by atoms with E-state index in [-0.39, 0.29) is 6.42 Å². The van der Waals surface area contributed by atoms with Gasteiger partial charge in [0, 0.05) is 48.5 Å². The van der Waals surface area contributed by atoms with Gasteiger partial charge in [0.05, 0.1) is 12.2 Å². The van der Waals surface area contributed by atoms with Crippen molar-refractivity contribution in [2.45, 2.75) is 83.7 Å². The number of esters is 2. The van der Waals surface area contributed by atoms with Crippen LogP contribution in [0.4, 0.5) is 0 Å². The molecule has 2 fully saturated rings. The summed E-state index contributed by atoms with van der Waals surface area (Å²) in [5, 5.41) is 34.7. The number of unbranched alkanes of at least 4 members (excludes halogenated alkanes) is 1. The Balaban J connectivity index is 1.65. The zero-order valence-corrected chi connectivity index (χ0v) is 26.5. The Morgan fingerprint density at radius 1 is 1.02 bits per heavy atom. The summed E-state index contributed by atoms with van der Waals surface area (Å²) in [6, 6.07) is 0. The van der Waals surface area contributed by atoms with Crippen LogP contribution in [0, 0.1) is 29.1 Å². The van der Waals surface area contributed by atoms with Crippen LogP contribution in [0.25, 0.3) is 0 Å². The lowest BCUT2D eigenvalue weighted by molar-refractivity contribution is -0.226. The SMILES string of the molecule is CCC/C=C/C=C/C=C/C=C/C=C/C(=O)O[C@@H]1[C@@H](C)[C@@]2(O)[C@@H](C=C(CO)C[C@]3(O)C(=O)C(C)=C[C@@H]23)[C@@H]2C(C)(C)[C@]12OC(C)=O. The van der Waals surface area contributed by atoms with E-state index < -0.39 is 76.3 Å². The molecular formula is C36H46O8. The third kappa shape index (κ3) is 5.41. The van der Waals surface area contributed by atoms with Crippen molar-refractivity contribution in [3.63, 3.8) is 0 Å². The van der Waals surface area contributed by atoms with E-state index in [0.717, 1.165) is 12.8 Å². The third-order valence-corrected chi connectivity index (χ3v) is 10.1. The molecule has 0 aromatic heterocycles. The van der Waals surface area contributed by atoms with Gasteiger partial charge in [-0.15, -0.1) is 0 Å². The van der Waals surface area contributed by atoms with E-state index in [1.165, 1.54) is 13.0 Å². The largest absolute Gasteiger partial charge is 0.455 e. The monoisotopic (exact) mass is 606 g/mol. The maximum absolute atomic E-state index is 13.2. The fourth-order valence-corrected chi connectivity index (χ4v) is 8.09. The standard InChI is InChI=1S/C36H46O8/c1-7-8-9-10-11-12-13-14-15-16-17-18-29(39)43-32-24(3)35(42)27(30-33(5,6)36(30,32)44-25(4)38)20-26(22-37)21-34(41)28(35)19-23(2)31(34)40/h9-20,24,27-28,30,32,37,41-42H,7-8,21-22H2,1-6H3/b10-9+,12-11+,14-13+,16-15+,18-17+/t24-,27+,28-,30-,32-,34-,35-,36-/m1/s1. The summed E-state index contributed by atoms with van der Waals surface area (Å²) in [5.74, 6) is -4.88. The molecule has 0 bridgehead atoms.